The summed E-state index contributed by atoms with van der Waals surface area (Å²) in [4.78, 5) is 24.5. The van der Waals surface area contributed by atoms with E-state index in [4.69, 9.17) is 0 Å². The zero-order valence-corrected chi connectivity index (χ0v) is 16.9. The number of anilines is 1. The maximum Gasteiger partial charge on any atom is 0.271 e. The van der Waals surface area contributed by atoms with Gasteiger partial charge in [-0.2, -0.15) is 5.10 Å². The summed E-state index contributed by atoms with van der Waals surface area (Å²) in [6.45, 7) is 0. The van der Waals surface area contributed by atoms with Crippen molar-refractivity contribution in [1.29, 1.82) is 0 Å². The van der Waals surface area contributed by atoms with Gasteiger partial charge < -0.3 is 10.4 Å². The standard InChI is InChI=1S/C21H22BrN3O3/c22-17-8-11-19(26)16(12-17)13-23-25-21(28)15-6-9-18(10-7-15)24-20(27)14-4-2-1-3-5-14/h6-14,26H,1-5H2,(H,24,27)(H,25,28). The number of phenolic OH excluding ortho intramolecular Hbond substituents is 1. The number of carbonyl (C=O) groups is 2. The van der Waals surface area contributed by atoms with Crippen LogP contribution in [0.5, 0.6) is 5.75 Å². The fourth-order valence-electron chi connectivity index (χ4n) is 3.17. The van der Waals surface area contributed by atoms with Gasteiger partial charge in [0.1, 0.15) is 5.75 Å². The number of nitrogens with one attached hydrogen (secondary N) is 2. The third kappa shape index (κ3) is 5.42. The van der Waals surface area contributed by atoms with E-state index in [0.29, 0.717) is 16.8 Å². The second-order valence-electron chi connectivity index (χ2n) is 6.80. The van der Waals surface area contributed by atoms with E-state index in [9.17, 15) is 14.7 Å². The van der Waals surface area contributed by atoms with Gasteiger partial charge in [-0.25, -0.2) is 5.43 Å². The van der Waals surface area contributed by atoms with Crippen molar-refractivity contribution >= 4 is 39.6 Å². The number of benzene rings is 2. The first-order valence-electron chi connectivity index (χ1n) is 9.26. The largest absolute Gasteiger partial charge is 0.507 e. The average molecular weight is 444 g/mol. The first-order valence-corrected chi connectivity index (χ1v) is 10.0. The molecule has 6 nitrogen and oxygen atoms in total. The highest BCUT2D eigenvalue weighted by atomic mass is 79.9. The number of nitrogens with zero attached hydrogens (tertiary/aromatic N) is 1. The minimum Gasteiger partial charge on any atom is -0.507 e. The van der Waals surface area contributed by atoms with Gasteiger partial charge in [0, 0.05) is 27.2 Å². The molecule has 0 radical (unpaired) electrons. The summed E-state index contributed by atoms with van der Waals surface area (Å²) >= 11 is 3.31. The topological polar surface area (TPSA) is 90.8 Å². The molecule has 3 N–H and O–H groups in total. The lowest BCUT2D eigenvalue weighted by Crippen LogP contribution is -2.24. The van der Waals surface area contributed by atoms with Crippen molar-refractivity contribution in [2.24, 2.45) is 11.0 Å². The lowest BCUT2D eigenvalue weighted by atomic mass is 9.88. The van der Waals surface area contributed by atoms with Crippen LogP contribution in [0.15, 0.2) is 52.0 Å². The molecule has 1 fully saturated rings. The number of carbonyl (C=O) groups excluding carboxylic acids is 2. The van der Waals surface area contributed by atoms with Gasteiger partial charge in [0.25, 0.3) is 5.91 Å². The Labute approximate surface area is 172 Å². The van der Waals surface area contributed by atoms with Crippen LogP contribution in [0.4, 0.5) is 5.69 Å². The van der Waals surface area contributed by atoms with Crippen molar-refractivity contribution in [3.8, 4) is 5.75 Å². The van der Waals surface area contributed by atoms with Crippen molar-refractivity contribution in [3.05, 3.63) is 58.1 Å². The van der Waals surface area contributed by atoms with Crippen LogP contribution in [0.25, 0.3) is 0 Å². The summed E-state index contributed by atoms with van der Waals surface area (Å²) in [6, 6.07) is 11.6. The molecule has 3 rings (SSSR count). The highest BCUT2D eigenvalue weighted by molar-refractivity contribution is 9.10. The van der Waals surface area contributed by atoms with E-state index in [1.807, 2.05) is 0 Å². The zero-order valence-electron chi connectivity index (χ0n) is 15.3. The monoisotopic (exact) mass is 443 g/mol. The Bertz CT molecular complexity index is 875. The van der Waals surface area contributed by atoms with E-state index < -0.39 is 0 Å². The van der Waals surface area contributed by atoms with Crippen LogP contribution >= 0.6 is 15.9 Å². The Morgan fingerprint density at radius 1 is 1.07 bits per heavy atom. The van der Waals surface area contributed by atoms with Gasteiger partial charge >= 0.3 is 0 Å². The summed E-state index contributed by atoms with van der Waals surface area (Å²) < 4.78 is 0.795. The molecule has 0 saturated heterocycles. The van der Waals surface area contributed by atoms with Gasteiger partial charge in [-0.3, -0.25) is 9.59 Å². The number of halogens is 1. The molecule has 146 valence electrons. The molecule has 0 heterocycles. The third-order valence-electron chi connectivity index (χ3n) is 4.75. The number of hydrogen-bond acceptors (Lipinski definition) is 4. The van der Waals surface area contributed by atoms with E-state index in [-0.39, 0.29) is 23.5 Å². The SMILES string of the molecule is O=C(NN=Cc1cc(Br)ccc1O)c1ccc(NC(=O)C2CCCCC2)cc1. The Morgan fingerprint density at radius 2 is 1.79 bits per heavy atom. The Hall–Kier alpha value is -2.67. The normalized spacial score (nSPS) is 14.8. The number of hydrazone groups is 1. The molecular weight excluding hydrogens is 422 g/mol. The molecule has 0 bridgehead atoms. The smallest absolute Gasteiger partial charge is 0.271 e. The predicted molar refractivity (Wildman–Crippen MR) is 113 cm³/mol. The van der Waals surface area contributed by atoms with Crippen molar-refractivity contribution in [2.45, 2.75) is 32.1 Å². The molecule has 0 aromatic heterocycles. The molecule has 28 heavy (non-hydrogen) atoms. The summed E-state index contributed by atoms with van der Waals surface area (Å²) in [6.07, 6.45) is 6.68. The molecule has 1 aliphatic rings. The second kappa shape index (κ2) is 9.50. The first-order chi connectivity index (χ1) is 13.5. The van der Waals surface area contributed by atoms with Crippen molar-refractivity contribution in [1.82, 2.24) is 5.43 Å². The Morgan fingerprint density at radius 3 is 2.50 bits per heavy atom. The minimum absolute atomic E-state index is 0.0512. The number of aromatic hydroxyl groups is 1. The van der Waals surface area contributed by atoms with Gasteiger partial charge in [-0.15, -0.1) is 0 Å². The predicted octanol–water partition coefficient (Wildman–Crippen LogP) is 4.44. The Kier molecular flexibility index (Phi) is 6.81. The van der Waals surface area contributed by atoms with Crippen LogP contribution < -0.4 is 10.7 Å². The fourth-order valence-corrected chi connectivity index (χ4v) is 3.55. The molecule has 1 aliphatic carbocycles. The van der Waals surface area contributed by atoms with E-state index in [2.05, 4.69) is 31.8 Å². The molecule has 2 amide bonds. The van der Waals surface area contributed by atoms with E-state index in [1.54, 1.807) is 36.4 Å². The molecular formula is C21H22BrN3O3. The average Bonchev–Trinajstić information content (AvgIpc) is 2.71. The van der Waals surface area contributed by atoms with Gasteiger partial charge in [-0.1, -0.05) is 35.2 Å². The molecule has 0 spiro atoms. The second-order valence-corrected chi connectivity index (χ2v) is 7.72. The molecule has 2 aromatic rings. The zero-order chi connectivity index (χ0) is 19.9. The number of phenols is 1. The number of rotatable bonds is 5. The number of amides is 2. The van der Waals surface area contributed by atoms with Gasteiger partial charge in [0.05, 0.1) is 6.21 Å². The molecule has 1 saturated carbocycles. The van der Waals surface area contributed by atoms with Gasteiger partial charge in [0.15, 0.2) is 0 Å². The summed E-state index contributed by atoms with van der Waals surface area (Å²) in [7, 11) is 0. The maximum atomic E-state index is 12.3. The van der Waals surface area contributed by atoms with Crippen LogP contribution in [0.2, 0.25) is 0 Å². The lowest BCUT2D eigenvalue weighted by molar-refractivity contribution is -0.120. The van der Waals surface area contributed by atoms with Gasteiger partial charge in [0.2, 0.25) is 5.91 Å². The molecule has 0 aliphatic heterocycles. The van der Waals surface area contributed by atoms with Crippen LogP contribution in [0.1, 0.15) is 48.0 Å². The van der Waals surface area contributed by atoms with Crippen LogP contribution in [0, 0.1) is 5.92 Å². The highest BCUT2D eigenvalue weighted by Crippen LogP contribution is 2.25. The minimum atomic E-state index is -0.379. The quantitative estimate of drug-likeness (QED) is 0.471. The highest BCUT2D eigenvalue weighted by Gasteiger charge is 2.21. The van der Waals surface area contributed by atoms with Crippen LogP contribution in [-0.4, -0.2) is 23.1 Å². The van der Waals surface area contributed by atoms with Gasteiger partial charge in [-0.05, 0) is 55.3 Å². The summed E-state index contributed by atoms with van der Waals surface area (Å²) in [5.41, 5.74) is 4.00. The van der Waals surface area contributed by atoms with E-state index >= 15 is 0 Å². The third-order valence-corrected chi connectivity index (χ3v) is 5.24. The van der Waals surface area contributed by atoms with Crippen molar-refractivity contribution in [3.63, 3.8) is 0 Å². The molecule has 7 heteroatoms. The molecule has 0 unspecified atom stereocenters. The summed E-state index contributed by atoms with van der Waals surface area (Å²) in [5.74, 6) is -0.175. The molecule has 0 atom stereocenters. The summed E-state index contributed by atoms with van der Waals surface area (Å²) in [5, 5.41) is 16.6. The van der Waals surface area contributed by atoms with E-state index in [1.165, 1.54) is 18.7 Å². The number of hydrogen-bond donors (Lipinski definition) is 3. The van der Waals surface area contributed by atoms with E-state index in [0.717, 1.165) is 30.2 Å². The van der Waals surface area contributed by atoms with Crippen LogP contribution in [-0.2, 0) is 4.79 Å². The van der Waals surface area contributed by atoms with Crippen molar-refractivity contribution in [2.75, 3.05) is 5.32 Å². The maximum absolute atomic E-state index is 12.3. The van der Waals surface area contributed by atoms with Crippen LogP contribution in [0.3, 0.4) is 0 Å². The Balaban J connectivity index is 1.55. The molecule has 2 aromatic carbocycles. The lowest BCUT2D eigenvalue weighted by Gasteiger charge is -2.20. The fraction of sp³-hybridized carbons (Fsp3) is 0.286. The first kappa shape index (κ1) is 20.1. The van der Waals surface area contributed by atoms with Crippen molar-refractivity contribution < 1.29 is 14.7 Å².